The monoisotopic (exact) mass is 470 g/mol. The average molecular weight is 471 g/mol. The van der Waals surface area contributed by atoms with Crippen LogP contribution >= 0.6 is 0 Å². The van der Waals surface area contributed by atoms with E-state index in [1.807, 2.05) is 59.7 Å². The lowest BCUT2D eigenvalue weighted by atomic mass is 9.85. The third kappa shape index (κ3) is 15.4. The SMILES string of the molecule is CC.CC.CC.CCC.Cc1ccccc1.c1ccc(C(c2ccccc2)c2ccccc2)cc1. The third-order valence-corrected chi connectivity index (χ3v) is 4.34. The molecule has 0 aromatic heterocycles. The first-order valence-corrected chi connectivity index (χ1v) is 13.4. The molecule has 190 valence electrons. The van der Waals surface area contributed by atoms with E-state index in [0.717, 1.165) is 0 Å². The van der Waals surface area contributed by atoms with Crippen molar-refractivity contribution in [3.8, 4) is 0 Å². The predicted molar refractivity (Wildman–Crippen MR) is 161 cm³/mol. The molecular weight excluding hydrogens is 420 g/mol. The topological polar surface area (TPSA) is 0 Å². The summed E-state index contributed by atoms with van der Waals surface area (Å²) in [5, 5.41) is 0. The second-order valence-electron chi connectivity index (χ2n) is 7.03. The van der Waals surface area contributed by atoms with E-state index in [0.29, 0.717) is 5.92 Å². The molecule has 0 saturated carbocycles. The second-order valence-corrected chi connectivity index (χ2v) is 7.03. The van der Waals surface area contributed by atoms with Gasteiger partial charge in [-0.05, 0) is 23.6 Å². The molecule has 0 radical (unpaired) electrons. The number of hydrogen-bond donors (Lipinski definition) is 0. The van der Waals surface area contributed by atoms with Gasteiger partial charge in [0, 0.05) is 5.92 Å². The molecule has 0 amide bonds. The molecule has 0 fully saturated rings. The molecule has 0 atom stereocenters. The van der Waals surface area contributed by atoms with Crippen LogP contribution in [0.3, 0.4) is 0 Å². The Labute approximate surface area is 218 Å². The minimum absolute atomic E-state index is 0.309. The molecule has 4 aromatic carbocycles. The van der Waals surface area contributed by atoms with Gasteiger partial charge in [0.25, 0.3) is 0 Å². The molecule has 0 nitrogen and oxygen atoms in total. The van der Waals surface area contributed by atoms with Gasteiger partial charge in [0.05, 0.1) is 0 Å². The van der Waals surface area contributed by atoms with Crippen LogP contribution in [-0.4, -0.2) is 0 Å². The lowest BCUT2D eigenvalue weighted by Gasteiger charge is -2.18. The summed E-state index contributed by atoms with van der Waals surface area (Å²) >= 11 is 0. The van der Waals surface area contributed by atoms with E-state index in [4.69, 9.17) is 0 Å². The molecule has 0 N–H and O–H groups in total. The van der Waals surface area contributed by atoms with Crippen LogP contribution in [-0.2, 0) is 0 Å². The molecule has 0 aliphatic heterocycles. The van der Waals surface area contributed by atoms with Crippen LogP contribution in [0.25, 0.3) is 0 Å². The van der Waals surface area contributed by atoms with E-state index < -0.39 is 0 Å². The molecule has 0 spiro atoms. The molecule has 35 heavy (non-hydrogen) atoms. The minimum Gasteiger partial charge on any atom is -0.0683 e. The molecule has 4 rings (SSSR count). The van der Waals surface area contributed by atoms with Gasteiger partial charge in [-0.25, -0.2) is 0 Å². The second kappa shape index (κ2) is 25.5. The molecule has 0 heteroatoms. The molecule has 0 saturated heterocycles. The standard InChI is InChI=1S/C19H16.C7H8.C3H8.3C2H6/c1-4-10-16(11-5-1)19(17-12-6-2-7-13-17)18-14-8-3-9-15-18;1-7-5-3-2-4-6-7;1-3-2;3*1-2/h1-15,19H;2-6H,1H3;3H2,1-2H3;3*1-2H3. The molecule has 0 heterocycles. The zero-order chi connectivity index (χ0) is 26.7. The zero-order valence-corrected chi connectivity index (χ0v) is 23.8. The van der Waals surface area contributed by atoms with Gasteiger partial charge in [0.15, 0.2) is 0 Å². The van der Waals surface area contributed by atoms with Crippen molar-refractivity contribution in [3.05, 3.63) is 144 Å². The fraction of sp³-hybridized carbons (Fsp3) is 0.314. The van der Waals surface area contributed by atoms with Crippen LogP contribution in [0.4, 0.5) is 0 Å². The lowest BCUT2D eigenvalue weighted by Crippen LogP contribution is -2.02. The van der Waals surface area contributed by atoms with Gasteiger partial charge in [-0.1, -0.05) is 189 Å². The van der Waals surface area contributed by atoms with Crippen molar-refractivity contribution in [2.24, 2.45) is 0 Å². The summed E-state index contributed by atoms with van der Waals surface area (Å²) in [6, 6.07) is 42.3. The quantitative estimate of drug-likeness (QED) is 0.261. The van der Waals surface area contributed by atoms with Crippen LogP contribution in [0, 0.1) is 6.92 Å². The summed E-state index contributed by atoms with van der Waals surface area (Å²) in [6.45, 7) is 18.3. The Kier molecular flexibility index (Phi) is 24.8. The number of hydrogen-bond acceptors (Lipinski definition) is 0. The van der Waals surface area contributed by atoms with E-state index in [9.17, 15) is 0 Å². The van der Waals surface area contributed by atoms with Gasteiger partial charge in [-0.15, -0.1) is 0 Å². The van der Waals surface area contributed by atoms with E-state index in [-0.39, 0.29) is 0 Å². The summed E-state index contributed by atoms with van der Waals surface area (Å²) < 4.78 is 0. The Morgan fingerprint density at radius 2 is 0.600 bits per heavy atom. The molecule has 0 aliphatic rings. The van der Waals surface area contributed by atoms with Crippen molar-refractivity contribution < 1.29 is 0 Å². The van der Waals surface area contributed by atoms with Crippen molar-refractivity contribution >= 4 is 0 Å². The first-order chi connectivity index (χ1) is 17.3. The highest BCUT2D eigenvalue weighted by molar-refractivity contribution is 5.42. The van der Waals surface area contributed by atoms with E-state index >= 15 is 0 Å². The molecule has 0 unspecified atom stereocenters. The number of aryl methyl sites for hydroxylation is 1. The Balaban J connectivity index is 0. The Morgan fingerprint density at radius 1 is 0.400 bits per heavy atom. The third-order valence-electron chi connectivity index (χ3n) is 4.34. The Morgan fingerprint density at radius 3 is 0.771 bits per heavy atom. The van der Waals surface area contributed by atoms with Gasteiger partial charge in [-0.2, -0.15) is 0 Å². The van der Waals surface area contributed by atoms with Crippen LogP contribution in [0.15, 0.2) is 121 Å². The molecular formula is C35H50. The Hall–Kier alpha value is -3.12. The normalized spacial score (nSPS) is 8.51. The van der Waals surface area contributed by atoms with E-state index in [1.165, 1.54) is 28.7 Å². The van der Waals surface area contributed by atoms with Crippen molar-refractivity contribution in [1.29, 1.82) is 0 Å². The van der Waals surface area contributed by atoms with E-state index in [1.54, 1.807) is 0 Å². The van der Waals surface area contributed by atoms with E-state index in [2.05, 4.69) is 124 Å². The smallest absolute Gasteiger partial charge is 0.0339 e. The zero-order valence-electron chi connectivity index (χ0n) is 23.8. The number of benzene rings is 4. The van der Waals surface area contributed by atoms with Gasteiger partial charge in [-0.3, -0.25) is 0 Å². The van der Waals surface area contributed by atoms with Crippen LogP contribution in [0.5, 0.6) is 0 Å². The van der Waals surface area contributed by atoms with Gasteiger partial charge in [0.1, 0.15) is 0 Å². The first-order valence-electron chi connectivity index (χ1n) is 13.4. The highest BCUT2D eigenvalue weighted by Crippen LogP contribution is 2.31. The maximum absolute atomic E-state index is 2.20. The molecule has 0 bridgehead atoms. The maximum Gasteiger partial charge on any atom is 0.0339 e. The summed E-state index contributed by atoms with van der Waals surface area (Å²) in [6.07, 6.45) is 1.25. The minimum atomic E-state index is 0.309. The first kappa shape index (κ1) is 34.0. The predicted octanol–water partition coefficient (Wildman–Crippen LogP) is 11.4. The average Bonchev–Trinajstić information content (AvgIpc) is 2.95. The van der Waals surface area contributed by atoms with Crippen LogP contribution in [0.2, 0.25) is 0 Å². The highest BCUT2D eigenvalue weighted by Gasteiger charge is 2.15. The van der Waals surface area contributed by atoms with Crippen molar-refractivity contribution in [3.63, 3.8) is 0 Å². The van der Waals surface area contributed by atoms with Crippen molar-refractivity contribution in [2.75, 3.05) is 0 Å². The highest BCUT2D eigenvalue weighted by atomic mass is 14.2. The summed E-state index contributed by atoms with van der Waals surface area (Å²) in [5.74, 6) is 0.309. The van der Waals surface area contributed by atoms with Crippen molar-refractivity contribution in [1.82, 2.24) is 0 Å². The van der Waals surface area contributed by atoms with Gasteiger partial charge in [0.2, 0.25) is 0 Å². The lowest BCUT2D eigenvalue weighted by molar-refractivity contribution is 0.977. The summed E-state index contributed by atoms with van der Waals surface area (Å²) in [7, 11) is 0. The molecule has 4 aromatic rings. The largest absolute Gasteiger partial charge is 0.0683 e. The Bertz CT molecular complexity index is 788. The summed E-state index contributed by atoms with van der Waals surface area (Å²) in [5.41, 5.74) is 5.32. The number of rotatable bonds is 3. The fourth-order valence-electron chi connectivity index (χ4n) is 3.05. The van der Waals surface area contributed by atoms with Crippen molar-refractivity contribution in [2.45, 2.75) is 74.7 Å². The van der Waals surface area contributed by atoms with Gasteiger partial charge < -0.3 is 0 Å². The maximum atomic E-state index is 2.20. The van der Waals surface area contributed by atoms with Crippen LogP contribution in [0.1, 0.15) is 90.0 Å². The molecule has 0 aliphatic carbocycles. The summed E-state index contributed by atoms with van der Waals surface area (Å²) in [4.78, 5) is 0. The van der Waals surface area contributed by atoms with Crippen LogP contribution < -0.4 is 0 Å². The van der Waals surface area contributed by atoms with Gasteiger partial charge >= 0.3 is 0 Å². The fourth-order valence-corrected chi connectivity index (χ4v) is 3.05.